The van der Waals surface area contributed by atoms with Gasteiger partial charge >= 0.3 is 0 Å². The van der Waals surface area contributed by atoms with Gasteiger partial charge in [-0.25, -0.2) is 4.68 Å². The number of hydrogen-bond donors (Lipinski definition) is 1. The summed E-state index contributed by atoms with van der Waals surface area (Å²) in [5.41, 5.74) is 2.59. The molecule has 0 aliphatic heterocycles. The predicted molar refractivity (Wildman–Crippen MR) is 141 cm³/mol. The molecule has 1 saturated carbocycles. The van der Waals surface area contributed by atoms with Crippen LogP contribution in [0.15, 0.2) is 36.4 Å². The summed E-state index contributed by atoms with van der Waals surface area (Å²) >= 11 is 14.4. The van der Waals surface area contributed by atoms with Crippen LogP contribution in [0, 0.1) is 12.8 Å². The summed E-state index contributed by atoms with van der Waals surface area (Å²) in [7, 11) is 0. The van der Waals surface area contributed by atoms with Crippen molar-refractivity contribution in [3.05, 3.63) is 56.9 Å². The Morgan fingerprint density at radius 1 is 1.21 bits per heavy atom. The van der Waals surface area contributed by atoms with E-state index in [1.54, 1.807) is 23.5 Å². The van der Waals surface area contributed by atoms with Crippen LogP contribution >= 0.6 is 34.5 Å². The van der Waals surface area contributed by atoms with E-state index in [9.17, 15) is 4.79 Å². The first kappa shape index (κ1) is 24.1. The largest absolute Gasteiger partial charge is 0.309 e. The van der Waals surface area contributed by atoms with Crippen molar-refractivity contribution in [1.29, 1.82) is 0 Å². The fraction of sp³-hybridized carbons (Fsp3) is 0.385. The Balaban J connectivity index is 1.74. The van der Waals surface area contributed by atoms with Gasteiger partial charge in [-0.05, 0) is 62.6 Å². The van der Waals surface area contributed by atoms with E-state index in [4.69, 9.17) is 28.3 Å². The Hall–Kier alpha value is -2.08. The molecule has 0 radical (unpaired) electrons. The number of carbonyl (C=O) groups is 1. The highest BCUT2D eigenvalue weighted by molar-refractivity contribution is 7.16. The zero-order valence-corrected chi connectivity index (χ0v) is 21.4. The summed E-state index contributed by atoms with van der Waals surface area (Å²) in [4.78, 5) is 15.2. The van der Waals surface area contributed by atoms with Crippen LogP contribution in [0.1, 0.15) is 62.3 Å². The number of allylic oxidation sites excluding steroid dienone is 1. The van der Waals surface area contributed by atoms with E-state index in [2.05, 4.69) is 36.5 Å². The third kappa shape index (κ3) is 5.53. The van der Waals surface area contributed by atoms with Crippen molar-refractivity contribution in [2.24, 2.45) is 5.92 Å². The number of rotatable bonds is 7. The zero-order valence-electron chi connectivity index (χ0n) is 19.0. The molecule has 4 nitrogen and oxygen atoms in total. The van der Waals surface area contributed by atoms with Crippen LogP contribution in [0.2, 0.25) is 10.0 Å². The number of hydrogen-bond acceptors (Lipinski definition) is 3. The fourth-order valence-corrected chi connectivity index (χ4v) is 5.77. The van der Waals surface area contributed by atoms with E-state index in [0.29, 0.717) is 15.9 Å². The van der Waals surface area contributed by atoms with Gasteiger partial charge in [0.15, 0.2) is 5.82 Å². The molecule has 2 aromatic heterocycles. The minimum atomic E-state index is 0.0583. The maximum absolute atomic E-state index is 13.0. The van der Waals surface area contributed by atoms with Gasteiger partial charge in [0.25, 0.3) is 0 Å². The summed E-state index contributed by atoms with van der Waals surface area (Å²) in [6, 6.07) is 9.60. The number of unbranched alkanes of at least 4 members (excludes halogenated alkanes) is 1. The first-order chi connectivity index (χ1) is 16.0. The lowest BCUT2D eigenvalue weighted by atomic mass is 9.88. The third-order valence-corrected chi connectivity index (χ3v) is 7.67. The second kappa shape index (κ2) is 10.9. The molecule has 0 saturated heterocycles. The third-order valence-electron chi connectivity index (χ3n) is 6.08. The number of anilines is 1. The van der Waals surface area contributed by atoms with E-state index in [1.807, 2.05) is 17.7 Å². The lowest BCUT2D eigenvalue weighted by Crippen LogP contribution is -2.25. The number of carbonyl (C=O) groups excluding carboxylic acids is 1. The van der Waals surface area contributed by atoms with Gasteiger partial charge in [-0.1, -0.05) is 61.9 Å². The molecule has 174 valence electrons. The van der Waals surface area contributed by atoms with Crippen molar-refractivity contribution >= 4 is 52.3 Å². The average Bonchev–Trinajstić information content (AvgIpc) is 3.39. The molecule has 1 aromatic carbocycles. The maximum atomic E-state index is 13.0. The van der Waals surface area contributed by atoms with Crippen LogP contribution in [0.5, 0.6) is 0 Å². The van der Waals surface area contributed by atoms with Crippen LogP contribution in [0.25, 0.3) is 22.3 Å². The number of nitrogens with zero attached hydrogens (tertiary/aromatic N) is 2. The summed E-state index contributed by atoms with van der Waals surface area (Å²) in [6.45, 7) is 4.18. The van der Waals surface area contributed by atoms with E-state index < -0.39 is 0 Å². The van der Waals surface area contributed by atoms with Crippen LogP contribution in [0.4, 0.5) is 5.82 Å². The van der Waals surface area contributed by atoms with Gasteiger partial charge in [0.2, 0.25) is 5.91 Å². The predicted octanol–water partition coefficient (Wildman–Crippen LogP) is 8.55. The van der Waals surface area contributed by atoms with Crippen molar-refractivity contribution in [3.63, 3.8) is 0 Å². The molecule has 1 amide bonds. The van der Waals surface area contributed by atoms with Crippen molar-refractivity contribution in [2.45, 2.75) is 58.8 Å². The van der Waals surface area contributed by atoms with Crippen molar-refractivity contribution in [3.8, 4) is 16.3 Å². The lowest BCUT2D eigenvalue weighted by molar-refractivity contribution is -0.120. The van der Waals surface area contributed by atoms with Crippen molar-refractivity contribution in [1.82, 2.24) is 9.78 Å². The Morgan fingerprint density at radius 3 is 2.73 bits per heavy atom. The minimum absolute atomic E-state index is 0.0583. The summed E-state index contributed by atoms with van der Waals surface area (Å²) in [5, 5.41) is 9.00. The van der Waals surface area contributed by atoms with Gasteiger partial charge < -0.3 is 5.32 Å². The molecule has 0 unspecified atom stereocenters. The van der Waals surface area contributed by atoms with Gasteiger partial charge in [-0.15, -0.1) is 16.4 Å². The number of halogens is 2. The molecule has 7 heteroatoms. The molecule has 0 spiro atoms. The van der Waals surface area contributed by atoms with Crippen LogP contribution in [0.3, 0.4) is 0 Å². The quantitative estimate of drug-likeness (QED) is 0.352. The average molecular weight is 503 g/mol. The molecule has 1 N–H and O–H groups in total. The zero-order chi connectivity index (χ0) is 23.4. The molecule has 33 heavy (non-hydrogen) atoms. The smallest absolute Gasteiger partial charge is 0.228 e. The number of thiophene rings is 1. The van der Waals surface area contributed by atoms with E-state index >= 15 is 0 Å². The first-order valence-corrected chi connectivity index (χ1v) is 13.2. The molecule has 0 bridgehead atoms. The van der Waals surface area contributed by atoms with Crippen molar-refractivity contribution in [2.75, 3.05) is 5.32 Å². The molecular weight excluding hydrogens is 473 g/mol. The SMILES string of the molecule is CCC/C=C/c1ccc(-c2c(C)c(NC(=O)C3CCCCC3)nn2-c2ccc(Cl)cc2Cl)s1. The Labute approximate surface area is 209 Å². The molecule has 2 heterocycles. The number of amides is 1. The highest BCUT2D eigenvalue weighted by atomic mass is 35.5. The monoisotopic (exact) mass is 501 g/mol. The molecule has 4 rings (SSSR count). The highest BCUT2D eigenvalue weighted by Gasteiger charge is 2.25. The van der Waals surface area contributed by atoms with Gasteiger partial charge in [0, 0.05) is 21.4 Å². The standard InChI is InChI=1S/C26H29Cl2N3OS/c1-3-4-6-11-20-13-15-23(33-20)24-17(2)25(29-26(32)18-9-7-5-8-10-18)30-31(24)22-14-12-19(27)16-21(22)28/h6,11-16,18H,3-5,7-10H2,1-2H3,(H,29,30,32)/b11-6+. The van der Waals surface area contributed by atoms with Crippen LogP contribution < -0.4 is 5.32 Å². The molecule has 3 aromatic rings. The maximum Gasteiger partial charge on any atom is 0.228 e. The number of benzene rings is 1. The van der Waals surface area contributed by atoms with Gasteiger partial charge in [0.1, 0.15) is 0 Å². The molecule has 1 aliphatic rings. The summed E-state index contributed by atoms with van der Waals surface area (Å²) in [5.74, 6) is 0.705. The van der Waals surface area contributed by atoms with E-state index in [-0.39, 0.29) is 11.8 Å². The fourth-order valence-electron chi connectivity index (χ4n) is 4.25. The van der Waals surface area contributed by atoms with Crippen LogP contribution in [-0.2, 0) is 4.79 Å². The Morgan fingerprint density at radius 2 is 2.00 bits per heavy atom. The summed E-state index contributed by atoms with van der Waals surface area (Å²) in [6.07, 6.45) is 11.9. The second-order valence-corrected chi connectivity index (χ2v) is 10.5. The van der Waals surface area contributed by atoms with Crippen LogP contribution in [-0.4, -0.2) is 15.7 Å². The molecule has 1 aliphatic carbocycles. The highest BCUT2D eigenvalue weighted by Crippen LogP contribution is 2.38. The van der Waals surface area contributed by atoms with E-state index in [1.165, 1.54) is 11.3 Å². The lowest BCUT2D eigenvalue weighted by Gasteiger charge is -2.20. The van der Waals surface area contributed by atoms with E-state index in [0.717, 1.165) is 60.3 Å². The summed E-state index contributed by atoms with van der Waals surface area (Å²) < 4.78 is 1.83. The van der Waals surface area contributed by atoms with Crippen molar-refractivity contribution < 1.29 is 4.79 Å². The number of aromatic nitrogens is 2. The Kier molecular flexibility index (Phi) is 7.94. The van der Waals surface area contributed by atoms with Gasteiger partial charge in [0.05, 0.1) is 21.3 Å². The normalized spacial score (nSPS) is 14.8. The van der Waals surface area contributed by atoms with Gasteiger partial charge in [-0.3, -0.25) is 4.79 Å². The number of nitrogens with one attached hydrogen (secondary N) is 1. The Bertz CT molecular complexity index is 1160. The second-order valence-electron chi connectivity index (χ2n) is 8.55. The minimum Gasteiger partial charge on any atom is -0.309 e. The van der Waals surface area contributed by atoms with Gasteiger partial charge in [-0.2, -0.15) is 0 Å². The first-order valence-electron chi connectivity index (χ1n) is 11.6. The molecular formula is C26H29Cl2N3OS. The molecule has 0 atom stereocenters. The molecule has 1 fully saturated rings. The topological polar surface area (TPSA) is 46.9 Å².